The van der Waals surface area contributed by atoms with Gasteiger partial charge in [-0.3, -0.25) is 4.99 Å². The van der Waals surface area contributed by atoms with Crippen LogP contribution in [0.4, 0.5) is 0 Å². The van der Waals surface area contributed by atoms with Crippen molar-refractivity contribution in [3.05, 3.63) is 0 Å². The Bertz CT molecular complexity index is 480. The van der Waals surface area contributed by atoms with Gasteiger partial charge in [0.2, 0.25) is 0 Å². The van der Waals surface area contributed by atoms with Crippen LogP contribution in [0.5, 0.6) is 0 Å². The SMILES string of the molecule is C#CCCN=C(NCC)N1CCS(=O)(=O)C(C)(C)C1.I. The molecular formula is C13H24IN3O2S. The summed E-state index contributed by atoms with van der Waals surface area (Å²) in [6, 6.07) is 0. The highest BCUT2D eigenvalue weighted by molar-refractivity contribution is 14.0. The third-order valence-corrected chi connectivity index (χ3v) is 5.73. The Morgan fingerprint density at radius 1 is 1.50 bits per heavy atom. The van der Waals surface area contributed by atoms with Crippen LogP contribution in [0.3, 0.4) is 0 Å². The van der Waals surface area contributed by atoms with E-state index in [-0.39, 0.29) is 29.7 Å². The molecular weight excluding hydrogens is 389 g/mol. The zero-order valence-electron chi connectivity index (χ0n) is 12.3. The van der Waals surface area contributed by atoms with E-state index in [1.807, 2.05) is 11.8 Å². The number of hydrogen-bond acceptors (Lipinski definition) is 3. The van der Waals surface area contributed by atoms with Crippen molar-refractivity contribution in [1.29, 1.82) is 0 Å². The van der Waals surface area contributed by atoms with Gasteiger partial charge in [-0.2, -0.15) is 0 Å². The molecule has 0 radical (unpaired) electrons. The Morgan fingerprint density at radius 2 is 2.15 bits per heavy atom. The van der Waals surface area contributed by atoms with Gasteiger partial charge in [-0.25, -0.2) is 8.42 Å². The molecule has 1 fully saturated rings. The van der Waals surface area contributed by atoms with Crippen molar-refractivity contribution in [2.45, 2.75) is 31.9 Å². The topological polar surface area (TPSA) is 61.8 Å². The molecule has 1 aliphatic heterocycles. The highest BCUT2D eigenvalue weighted by Gasteiger charge is 2.40. The minimum Gasteiger partial charge on any atom is -0.357 e. The summed E-state index contributed by atoms with van der Waals surface area (Å²) >= 11 is 0. The number of nitrogens with zero attached hydrogens (tertiary/aromatic N) is 2. The van der Waals surface area contributed by atoms with Crippen molar-refractivity contribution in [3.63, 3.8) is 0 Å². The van der Waals surface area contributed by atoms with E-state index in [0.29, 0.717) is 26.1 Å². The zero-order chi connectivity index (χ0) is 14.5. The van der Waals surface area contributed by atoms with Crippen molar-refractivity contribution in [3.8, 4) is 12.3 Å². The van der Waals surface area contributed by atoms with Crippen LogP contribution in [0.2, 0.25) is 0 Å². The molecule has 116 valence electrons. The van der Waals surface area contributed by atoms with Gasteiger partial charge < -0.3 is 10.2 Å². The normalized spacial score (nSPS) is 20.7. The minimum atomic E-state index is -3.02. The number of hydrogen-bond donors (Lipinski definition) is 1. The van der Waals surface area contributed by atoms with Gasteiger partial charge in [0.05, 0.1) is 17.0 Å². The summed E-state index contributed by atoms with van der Waals surface area (Å²) in [5.41, 5.74) is 0. The molecule has 7 heteroatoms. The maximum Gasteiger partial charge on any atom is 0.194 e. The molecule has 0 aromatic carbocycles. The predicted octanol–water partition coefficient (Wildman–Crippen LogP) is 1.10. The maximum atomic E-state index is 12.0. The summed E-state index contributed by atoms with van der Waals surface area (Å²) in [6.45, 7) is 7.76. The second kappa shape index (κ2) is 8.08. The lowest BCUT2D eigenvalue weighted by Gasteiger charge is -2.39. The minimum absolute atomic E-state index is 0. The summed E-state index contributed by atoms with van der Waals surface area (Å²) in [5, 5.41) is 3.19. The lowest BCUT2D eigenvalue weighted by atomic mass is 10.2. The molecule has 0 bridgehead atoms. The first-order valence-electron chi connectivity index (χ1n) is 6.53. The number of terminal acetylenes is 1. The summed E-state index contributed by atoms with van der Waals surface area (Å²) in [7, 11) is -3.02. The molecule has 1 saturated heterocycles. The predicted molar refractivity (Wildman–Crippen MR) is 94.3 cm³/mol. The highest BCUT2D eigenvalue weighted by Crippen LogP contribution is 2.23. The van der Waals surface area contributed by atoms with Crippen molar-refractivity contribution in [2.75, 3.05) is 31.9 Å². The Labute approximate surface area is 139 Å². The molecule has 0 amide bonds. The summed E-state index contributed by atoms with van der Waals surface area (Å²) < 4.78 is 23.2. The average Bonchev–Trinajstić information content (AvgIpc) is 2.32. The molecule has 0 unspecified atom stereocenters. The third kappa shape index (κ3) is 4.81. The molecule has 1 rings (SSSR count). The summed E-state index contributed by atoms with van der Waals surface area (Å²) in [4.78, 5) is 6.44. The smallest absolute Gasteiger partial charge is 0.194 e. The van der Waals surface area contributed by atoms with Crippen molar-refractivity contribution in [1.82, 2.24) is 10.2 Å². The first kappa shape index (κ1) is 19.5. The van der Waals surface area contributed by atoms with Crippen LogP contribution in [0, 0.1) is 12.3 Å². The van der Waals surface area contributed by atoms with Gasteiger partial charge in [0.15, 0.2) is 15.8 Å². The fraction of sp³-hybridized carbons (Fsp3) is 0.769. The first-order valence-corrected chi connectivity index (χ1v) is 8.18. The van der Waals surface area contributed by atoms with Gasteiger partial charge >= 0.3 is 0 Å². The van der Waals surface area contributed by atoms with E-state index in [1.165, 1.54) is 0 Å². The zero-order valence-corrected chi connectivity index (χ0v) is 15.5. The molecule has 20 heavy (non-hydrogen) atoms. The second-order valence-electron chi connectivity index (χ2n) is 5.19. The van der Waals surface area contributed by atoms with Crippen molar-refractivity contribution < 1.29 is 8.42 Å². The van der Waals surface area contributed by atoms with Gasteiger partial charge in [0.25, 0.3) is 0 Å². The standard InChI is InChI=1S/C13H23N3O2S.HI/c1-5-7-8-15-12(14-6-2)16-9-10-19(17,18)13(3,4)11-16;/h1H,6-11H2,2-4H3,(H,14,15);1H. The Morgan fingerprint density at radius 3 is 2.65 bits per heavy atom. The Balaban J connectivity index is 0.00000361. The quantitative estimate of drug-likeness (QED) is 0.248. The molecule has 1 aliphatic rings. The largest absolute Gasteiger partial charge is 0.357 e. The number of nitrogens with one attached hydrogen (secondary N) is 1. The average molecular weight is 413 g/mol. The van der Waals surface area contributed by atoms with E-state index in [0.717, 1.165) is 12.5 Å². The van der Waals surface area contributed by atoms with Crippen LogP contribution in [0.25, 0.3) is 0 Å². The van der Waals surface area contributed by atoms with E-state index in [4.69, 9.17) is 6.42 Å². The number of guanidine groups is 1. The molecule has 0 aromatic heterocycles. The van der Waals surface area contributed by atoms with Crippen LogP contribution in [0.1, 0.15) is 27.2 Å². The van der Waals surface area contributed by atoms with E-state index in [2.05, 4.69) is 16.2 Å². The number of rotatable bonds is 3. The van der Waals surface area contributed by atoms with E-state index in [9.17, 15) is 8.42 Å². The van der Waals surface area contributed by atoms with Gasteiger partial charge in [-0.1, -0.05) is 0 Å². The molecule has 0 saturated carbocycles. The maximum absolute atomic E-state index is 12.0. The number of aliphatic imine (C=N–C) groups is 1. The molecule has 1 heterocycles. The van der Waals surface area contributed by atoms with Crippen molar-refractivity contribution in [2.24, 2.45) is 4.99 Å². The van der Waals surface area contributed by atoms with E-state index >= 15 is 0 Å². The summed E-state index contributed by atoms with van der Waals surface area (Å²) in [6.07, 6.45) is 5.80. The molecule has 0 atom stereocenters. The van der Waals surface area contributed by atoms with Gasteiger partial charge in [0, 0.05) is 26.1 Å². The highest BCUT2D eigenvalue weighted by atomic mass is 127. The third-order valence-electron chi connectivity index (χ3n) is 3.20. The van der Waals surface area contributed by atoms with Gasteiger partial charge in [0.1, 0.15) is 0 Å². The van der Waals surface area contributed by atoms with Crippen LogP contribution in [-0.4, -0.2) is 56.0 Å². The van der Waals surface area contributed by atoms with Crippen LogP contribution < -0.4 is 5.32 Å². The number of halogens is 1. The second-order valence-corrected chi connectivity index (χ2v) is 7.93. The Kier molecular flexibility index (Phi) is 7.88. The van der Waals surface area contributed by atoms with E-state index < -0.39 is 14.6 Å². The fourth-order valence-electron chi connectivity index (χ4n) is 1.98. The Hall–Kier alpha value is -0.490. The van der Waals surface area contributed by atoms with Crippen LogP contribution in [0.15, 0.2) is 4.99 Å². The molecule has 0 aliphatic carbocycles. The summed E-state index contributed by atoms with van der Waals surface area (Å²) in [5.74, 6) is 3.47. The van der Waals surface area contributed by atoms with Gasteiger partial charge in [-0.05, 0) is 20.8 Å². The molecule has 0 aromatic rings. The van der Waals surface area contributed by atoms with Crippen LogP contribution >= 0.6 is 24.0 Å². The fourth-order valence-corrected chi connectivity index (χ4v) is 3.34. The van der Waals surface area contributed by atoms with E-state index in [1.54, 1.807) is 13.8 Å². The van der Waals surface area contributed by atoms with Gasteiger partial charge in [-0.15, -0.1) is 36.3 Å². The van der Waals surface area contributed by atoms with Crippen molar-refractivity contribution >= 4 is 39.8 Å². The monoisotopic (exact) mass is 413 g/mol. The molecule has 5 nitrogen and oxygen atoms in total. The lowest BCUT2D eigenvalue weighted by molar-refractivity contribution is 0.353. The first-order chi connectivity index (χ1) is 8.84. The lowest BCUT2D eigenvalue weighted by Crippen LogP contribution is -2.57. The van der Waals surface area contributed by atoms with Crippen LogP contribution in [-0.2, 0) is 9.84 Å². The molecule has 0 spiro atoms. The number of sulfone groups is 1. The molecule has 1 N–H and O–H groups in total.